The number of carbonyl (C=O) groups excluding carboxylic acids is 5. The van der Waals surface area contributed by atoms with Crippen molar-refractivity contribution in [3.63, 3.8) is 0 Å². The summed E-state index contributed by atoms with van der Waals surface area (Å²) in [5.74, 6) is -2.90. The minimum absolute atomic E-state index is 0.0158. The standard InChI is InChI=1S/C25H33N7O5S/c1-15(24(36)30-16(2)22(26)34)13-38-14-21(33)31-20(10-17-5-8-28-9-6-17)25(37)32-19(23(27)35)11-18-4-3-7-29-12-18/h3-9,12,15-16,19-20H,10-11,13-14H2,1-2H3,(H2,26,34)(H2,27,35)(H,30,36)(H,31,33)(H,32,37)/t15-,16-,19-,20-/m0/s1. The van der Waals surface area contributed by atoms with Crippen LogP contribution in [-0.4, -0.2) is 69.1 Å². The van der Waals surface area contributed by atoms with Gasteiger partial charge in [0.1, 0.15) is 18.1 Å². The van der Waals surface area contributed by atoms with Crippen LogP contribution in [0.2, 0.25) is 0 Å². The van der Waals surface area contributed by atoms with Crippen LogP contribution >= 0.6 is 11.8 Å². The van der Waals surface area contributed by atoms with Crippen LogP contribution in [0, 0.1) is 5.92 Å². The second-order valence-corrected chi connectivity index (χ2v) is 9.79. The summed E-state index contributed by atoms with van der Waals surface area (Å²) in [6.07, 6.45) is 6.62. The van der Waals surface area contributed by atoms with Crippen molar-refractivity contribution in [3.8, 4) is 0 Å². The number of aromatic nitrogens is 2. The van der Waals surface area contributed by atoms with Crippen LogP contribution in [0.5, 0.6) is 0 Å². The van der Waals surface area contributed by atoms with Gasteiger partial charge in [-0.3, -0.25) is 33.9 Å². The summed E-state index contributed by atoms with van der Waals surface area (Å²) in [6.45, 7) is 3.15. The van der Waals surface area contributed by atoms with E-state index in [1.807, 2.05) is 0 Å². The van der Waals surface area contributed by atoms with Gasteiger partial charge in [-0.2, -0.15) is 11.8 Å². The molecule has 0 aliphatic rings. The van der Waals surface area contributed by atoms with Crippen molar-refractivity contribution in [2.45, 2.75) is 44.8 Å². The maximum Gasteiger partial charge on any atom is 0.243 e. The molecular formula is C25H33N7O5S. The normalized spacial score (nSPS) is 13.8. The summed E-state index contributed by atoms with van der Waals surface area (Å²) in [5.41, 5.74) is 12.1. The lowest BCUT2D eigenvalue weighted by atomic mass is 10.0. The van der Waals surface area contributed by atoms with Crippen LogP contribution in [-0.2, 0) is 36.8 Å². The van der Waals surface area contributed by atoms with Gasteiger partial charge in [-0.1, -0.05) is 13.0 Å². The molecule has 13 heteroatoms. The van der Waals surface area contributed by atoms with E-state index in [0.29, 0.717) is 11.3 Å². The zero-order chi connectivity index (χ0) is 28.1. The third-order valence-electron chi connectivity index (χ3n) is 5.50. The Morgan fingerprint density at radius 3 is 2.11 bits per heavy atom. The molecule has 0 aliphatic heterocycles. The van der Waals surface area contributed by atoms with Crippen molar-refractivity contribution in [3.05, 3.63) is 60.2 Å². The van der Waals surface area contributed by atoms with Gasteiger partial charge in [0.2, 0.25) is 29.5 Å². The molecule has 204 valence electrons. The molecule has 0 bridgehead atoms. The van der Waals surface area contributed by atoms with E-state index in [4.69, 9.17) is 11.5 Å². The lowest BCUT2D eigenvalue weighted by molar-refractivity contribution is -0.130. The summed E-state index contributed by atoms with van der Waals surface area (Å²) in [4.78, 5) is 69.1. The van der Waals surface area contributed by atoms with E-state index < -0.39 is 47.7 Å². The predicted octanol–water partition coefficient (Wildman–Crippen LogP) is -0.924. The summed E-state index contributed by atoms with van der Waals surface area (Å²) in [5, 5.41) is 7.85. The van der Waals surface area contributed by atoms with Crippen LogP contribution < -0.4 is 27.4 Å². The van der Waals surface area contributed by atoms with Crippen molar-refractivity contribution >= 4 is 41.3 Å². The van der Waals surface area contributed by atoms with Gasteiger partial charge in [0, 0.05) is 49.3 Å². The summed E-state index contributed by atoms with van der Waals surface area (Å²) >= 11 is 1.20. The first kappa shape index (κ1) is 30.2. The van der Waals surface area contributed by atoms with E-state index in [1.165, 1.54) is 18.7 Å². The van der Waals surface area contributed by atoms with Gasteiger partial charge in [-0.15, -0.1) is 0 Å². The third kappa shape index (κ3) is 10.5. The second-order valence-electron chi connectivity index (χ2n) is 8.76. The maximum absolute atomic E-state index is 13.2. The first-order valence-electron chi connectivity index (χ1n) is 11.9. The first-order valence-corrected chi connectivity index (χ1v) is 13.1. The fraction of sp³-hybridized carbons (Fsp3) is 0.400. The number of hydrogen-bond acceptors (Lipinski definition) is 8. The highest BCUT2D eigenvalue weighted by Gasteiger charge is 2.26. The molecule has 7 N–H and O–H groups in total. The molecule has 0 radical (unpaired) electrons. The third-order valence-corrected chi connectivity index (χ3v) is 6.70. The number of carbonyl (C=O) groups is 5. The van der Waals surface area contributed by atoms with E-state index in [1.54, 1.807) is 56.0 Å². The van der Waals surface area contributed by atoms with Gasteiger partial charge in [-0.25, -0.2) is 0 Å². The SMILES string of the molecule is C[C@H](NC(=O)[C@@H](C)CSCC(=O)N[C@@H](Cc1ccncc1)C(=O)N[C@@H](Cc1cccnc1)C(N)=O)C(N)=O. The molecule has 0 saturated carbocycles. The molecule has 0 saturated heterocycles. The van der Waals surface area contributed by atoms with Gasteiger partial charge in [0.05, 0.1) is 5.75 Å². The van der Waals surface area contributed by atoms with Crippen LogP contribution in [0.3, 0.4) is 0 Å². The lowest BCUT2D eigenvalue weighted by Crippen LogP contribution is -2.54. The fourth-order valence-electron chi connectivity index (χ4n) is 3.28. The Morgan fingerprint density at radius 2 is 1.50 bits per heavy atom. The molecule has 2 aromatic rings. The topological polar surface area (TPSA) is 199 Å². The minimum atomic E-state index is -1.000. The van der Waals surface area contributed by atoms with Gasteiger partial charge in [-0.05, 0) is 36.2 Å². The molecule has 12 nitrogen and oxygen atoms in total. The maximum atomic E-state index is 13.2. The smallest absolute Gasteiger partial charge is 0.243 e. The van der Waals surface area contributed by atoms with Crippen molar-refractivity contribution < 1.29 is 24.0 Å². The quantitative estimate of drug-likeness (QED) is 0.190. The van der Waals surface area contributed by atoms with Crippen LogP contribution in [0.1, 0.15) is 25.0 Å². The predicted molar refractivity (Wildman–Crippen MR) is 142 cm³/mol. The van der Waals surface area contributed by atoms with Crippen LogP contribution in [0.15, 0.2) is 49.1 Å². The fourth-order valence-corrected chi connectivity index (χ4v) is 4.17. The molecular weight excluding hydrogens is 510 g/mol. The molecule has 0 spiro atoms. The van der Waals surface area contributed by atoms with E-state index >= 15 is 0 Å². The number of amides is 5. The Morgan fingerprint density at radius 1 is 0.816 bits per heavy atom. The first-order chi connectivity index (χ1) is 18.1. The van der Waals surface area contributed by atoms with Gasteiger partial charge >= 0.3 is 0 Å². The average Bonchev–Trinajstić information content (AvgIpc) is 2.88. The van der Waals surface area contributed by atoms with E-state index in [9.17, 15) is 24.0 Å². The zero-order valence-electron chi connectivity index (χ0n) is 21.3. The van der Waals surface area contributed by atoms with Crippen molar-refractivity contribution in [1.29, 1.82) is 0 Å². The molecule has 0 fully saturated rings. The molecule has 0 aliphatic carbocycles. The Labute approximate surface area is 225 Å². The minimum Gasteiger partial charge on any atom is -0.368 e. The summed E-state index contributed by atoms with van der Waals surface area (Å²) < 4.78 is 0. The average molecular weight is 544 g/mol. The molecule has 2 aromatic heterocycles. The van der Waals surface area contributed by atoms with Crippen molar-refractivity contribution in [1.82, 2.24) is 25.9 Å². The largest absolute Gasteiger partial charge is 0.368 e. The number of hydrogen-bond donors (Lipinski definition) is 5. The number of nitrogens with one attached hydrogen (secondary N) is 3. The molecule has 0 unspecified atom stereocenters. The van der Waals surface area contributed by atoms with E-state index in [0.717, 1.165) is 5.56 Å². The van der Waals surface area contributed by atoms with Gasteiger partial charge in [0.25, 0.3) is 0 Å². The lowest BCUT2D eigenvalue weighted by Gasteiger charge is -2.22. The van der Waals surface area contributed by atoms with E-state index in [2.05, 4.69) is 25.9 Å². The monoisotopic (exact) mass is 543 g/mol. The summed E-state index contributed by atoms with van der Waals surface area (Å²) in [6, 6.07) is 4.12. The van der Waals surface area contributed by atoms with Gasteiger partial charge in [0.15, 0.2) is 0 Å². The summed E-state index contributed by atoms with van der Waals surface area (Å²) in [7, 11) is 0. The highest BCUT2D eigenvalue weighted by molar-refractivity contribution is 7.99. The molecule has 2 heterocycles. The van der Waals surface area contributed by atoms with Crippen molar-refractivity contribution in [2.75, 3.05) is 11.5 Å². The second kappa shape index (κ2) is 15.3. The molecule has 0 aromatic carbocycles. The Kier molecular flexibility index (Phi) is 12.2. The Bertz CT molecular complexity index is 1100. The highest BCUT2D eigenvalue weighted by Crippen LogP contribution is 2.10. The molecule has 4 atom stereocenters. The van der Waals surface area contributed by atoms with Crippen LogP contribution in [0.25, 0.3) is 0 Å². The van der Waals surface area contributed by atoms with Crippen molar-refractivity contribution in [2.24, 2.45) is 17.4 Å². The van der Waals surface area contributed by atoms with E-state index in [-0.39, 0.29) is 24.5 Å². The highest BCUT2D eigenvalue weighted by atomic mass is 32.2. The number of thioether (sulfide) groups is 1. The Hall–Kier alpha value is -4.00. The number of pyridine rings is 2. The molecule has 38 heavy (non-hydrogen) atoms. The van der Waals surface area contributed by atoms with Gasteiger partial charge < -0.3 is 27.4 Å². The molecule has 2 rings (SSSR count). The Balaban J connectivity index is 1.99. The van der Waals surface area contributed by atoms with Crippen LogP contribution in [0.4, 0.5) is 0 Å². The number of primary amides is 2. The number of nitrogens with two attached hydrogens (primary N) is 2. The zero-order valence-corrected chi connectivity index (χ0v) is 22.1. The molecule has 5 amide bonds. The number of nitrogens with zero attached hydrogens (tertiary/aromatic N) is 2. The number of rotatable bonds is 15.